The van der Waals surface area contributed by atoms with E-state index in [1.165, 1.54) is 6.92 Å². The van der Waals surface area contributed by atoms with E-state index in [9.17, 15) is 9.00 Å². The van der Waals surface area contributed by atoms with Crippen molar-refractivity contribution in [3.63, 3.8) is 0 Å². The molecular weight excluding hydrogens is 150 g/mol. The third kappa shape index (κ3) is 1.80. The van der Waals surface area contributed by atoms with Crippen LogP contribution in [0.1, 0.15) is 19.8 Å². The Kier molecular flexibility index (Phi) is 1.81. The van der Waals surface area contributed by atoms with Crippen molar-refractivity contribution < 1.29 is 9.00 Å². The molecule has 0 aromatic carbocycles. The second-order valence-corrected chi connectivity index (χ2v) is 5.24. The molecule has 3 nitrogen and oxygen atoms in total. The Balaban J connectivity index is 2.85. The molecule has 1 unspecified atom stereocenters. The van der Waals surface area contributed by atoms with E-state index in [-0.39, 0.29) is 11.2 Å². The van der Waals surface area contributed by atoms with E-state index >= 15 is 0 Å². The van der Waals surface area contributed by atoms with Crippen LogP contribution in [0.15, 0.2) is 4.36 Å². The molecule has 0 N–H and O–H groups in total. The molecule has 10 heavy (non-hydrogen) atoms. The van der Waals surface area contributed by atoms with Gasteiger partial charge in [-0.05, 0) is 12.8 Å². The normalized spacial score (nSPS) is 23.4. The monoisotopic (exact) mass is 161 g/mol. The highest BCUT2D eigenvalue weighted by molar-refractivity contribution is 7.94. The Hall–Kier alpha value is -0.380. The smallest absolute Gasteiger partial charge is 0.250 e. The summed E-state index contributed by atoms with van der Waals surface area (Å²) in [6.45, 7) is 1.34. The molecule has 0 bridgehead atoms. The lowest BCUT2D eigenvalue weighted by Crippen LogP contribution is -2.05. The summed E-state index contributed by atoms with van der Waals surface area (Å²) in [5, 5.41) is 0.191. The van der Waals surface area contributed by atoms with Gasteiger partial charge in [0.1, 0.15) is 0 Å². The lowest BCUT2D eigenvalue weighted by Gasteiger charge is -1.96. The van der Waals surface area contributed by atoms with Crippen LogP contribution in [-0.2, 0) is 14.5 Å². The predicted octanol–water partition coefficient (Wildman–Crippen LogP) is 0.793. The van der Waals surface area contributed by atoms with Crippen LogP contribution in [0.2, 0.25) is 0 Å². The highest BCUT2D eigenvalue weighted by Crippen LogP contribution is 2.28. The van der Waals surface area contributed by atoms with Crippen molar-refractivity contribution in [2.75, 3.05) is 6.26 Å². The highest BCUT2D eigenvalue weighted by atomic mass is 32.2. The summed E-state index contributed by atoms with van der Waals surface area (Å²) in [5.41, 5.74) is 0. The molecule has 4 heteroatoms. The van der Waals surface area contributed by atoms with Crippen molar-refractivity contribution in [1.29, 1.82) is 0 Å². The van der Waals surface area contributed by atoms with E-state index in [1.54, 1.807) is 6.26 Å². The van der Waals surface area contributed by atoms with E-state index < -0.39 is 9.73 Å². The molecule has 0 radical (unpaired) electrons. The first kappa shape index (κ1) is 7.72. The van der Waals surface area contributed by atoms with Gasteiger partial charge in [0.05, 0.1) is 9.73 Å². The lowest BCUT2D eigenvalue weighted by atomic mass is 10.8. The summed E-state index contributed by atoms with van der Waals surface area (Å²) in [6, 6.07) is 0. The third-order valence-corrected chi connectivity index (χ3v) is 3.78. The molecule has 1 amide bonds. The van der Waals surface area contributed by atoms with E-state index in [4.69, 9.17) is 0 Å². The summed E-state index contributed by atoms with van der Waals surface area (Å²) in [6.07, 6.45) is 3.49. The molecule has 1 fully saturated rings. The van der Waals surface area contributed by atoms with Crippen molar-refractivity contribution in [2.45, 2.75) is 25.0 Å². The minimum absolute atomic E-state index is 0.191. The fourth-order valence-corrected chi connectivity index (χ4v) is 2.51. The largest absolute Gasteiger partial charge is 0.272 e. The molecule has 1 aliphatic rings. The lowest BCUT2D eigenvalue weighted by molar-refractivity contribution is -0.115. The molecule has 58 valence electrons. The topological polar surface area (TPSA) is 46.5 Å². The van der Waals surface area contributed by atoms with Gasteiger partial charge < -0.3 is 0 Å². The van der Waals surface area contributed by atoms with Gasteiger partial charge in [-0.15, -0.1) is 0 Å². The molecule has 1 atom stereocenters. The minimum atomic E-state index is -2.16. The van der Waals surface area contributed by atoms with Crippen LogP contribution in [0.5, 0.6) is 0 Å². The van der Waals surface area contributed by atoms with Crippen LogP contribution in [0.25, 0.3) is 0 Å². The second-order valence-electron chi connectivity index (χ2n) is 2.67. The van der Waals surface area contributed by atoms with Gasteiger partial charge >= 0.3 is 0 Å². The van der Waals surface area contributed by atoms with E-state index in [2.05, 4.69) is 4.36 Å². The summed E-state index contributed by atoms with van der Waals surface area (Å²) in [7, 11) is -2.16. The van der Waals surface area contributed by atoms with Gasteiger partial charge in [0.15, 0.2) is 0 Å². The quantitative estimate of drug-likeness (QED) is 0.571. The van der Waals surface area contributed by atoms with Gasteiger partial charge in [0.2, 0.25) is 0 Å². The third-order valence-electron chi connectivity index (χ3n) is 1.45. The summed E-state index contributed by atoms with van der Waals surface area (Å²) < 4.78 is 14.9. The van der Waals surface area contributed by atoms with Crippen LogP contribution in [0, 0.1) is 0 Å². The minimum Gasteiger partial charge on any atom is -0.272 e. The number of amides is 1. The summed E-state index contributed by atoms with van der Waals surface area (Å²) in [5.74, 6) is -0.320. The molecule has 0 aliphatic heterocycles. The zero-order valence-electron chi connectivity index (χ0n) is 6.16. The zero-order chi connectivity index (χ0) is 7.78. The van der Waals surface area contributed by atoms with Gasteiger partial charge in [-0.3, -0.25) is 4.79 Å². The molecule has 0 aromatic heterocycles. The summed E-state index contributed by atoms with van der Waals surface area (Å²) in [4.78, 5) is 10.4. The van der Waals surface area contributed by atoms with Crippen molar-refractivity contribution >= 4 is 15.6 Å². The first-order valence-electron chi connectivity index (χ1n) is 3.24. The van der Waals surface area contributed by atoms with Crippen LogP contribution in [0.3, 0.4) is 0 Å². The highest BCUT2D eigenvalue weighted by Gasteiger charge is 2.30. The molecule has 0 spiro atoms. The van der Waals surface area contributed by atoms with Crippen LogP contribution < -0.4 is 0 Å². The van der Waals surface area contributed by atoms with Crippen molar-refractivity contribution in [2.24, 2.45) is 4.36 Å². The van der Waals surface area contributed by atoms with Gasteiger partial charge in [-0.25, -0.2) is 4.21 Å². The number of hydrogen-bond acceptors (Lipinski definition) is 2. The molecule has 0 saturated heterocycles. The molecular formula is C6H11NO2S. The molecule has 1 aliphatic carbocycles. The van der Waals surface area contributed by atoms with E-state index in [0.717, 1.165) is 12.8 Å². The van der Waals surface area contributed by atoms with Crippen LogP contribution in [-0.4, -0.2) is 21.6 Å². The number of hydrogen-bond donors (Lipinski definition) is 0. The maximum absolute atomic E-state index is 11.4. The van der Waals surface area contributed by atoms with Gasteiger partial charge in [-0.2, -0.15) is 4.36 Å². The zero-order valence-corrected chi connectivity index (χ0v) is 6.98. The second kappa shape index (κ2) is 2.34. The fraction of sp³-hybridized carbons (Fsp3) is 0.833. The van der Waals surface area contributed by atoms with Crippen molar-refractivity contribution in [3.05, 3.63) is 0 Å². The predicted molar refractivity (Wildman–Crippen MR) is 40.2 cm³/mol. The number of nitrogens with zero attached hydrogens (tertiary/aromatic N) is 1. The first-order valence-corrected chi connectivity index (χ1v) is 5.22. The molecule has 1 rings (SSSR count). The van der Waals surface area contributed by atoms with Crippen molar-refractivity contribution in [3.8, 4) is 0 Å². The first-order chi connectivity index (χ1) is 4.52. The van der Waals surface area contributed by atoms with Crippen molar-refractivity contribution in [1.82, 2.24) is 0 Å². The summed E-state index contributed by atoms with van der Waals surface area (Å²) >= 11 is 0. The molecule has 0 aromatic rings. The SMILES string of the molecule is CC(=O)N=S(C)(=O)C1CC1. The Morgan fingerprint density at radius 3 is 2.40 bits per heavy atom. The number of rotatable bonds is 1. The Morgan fingerprint density at radius 2 is 2.10 bits per heavy atom. The average molecular weight is 161 g/mol. The van der Waals surface area contributed by atoms with E-state index in [1.807, 2.05) is 0 Å². The standard InChI is InChI=1S/C6H11NO2S/c1-5(8)7-10(2,9)6-3-4-6/h6H,3-4H2,1-2H3. The Bertz CT molecular complexity index is 259. The van der Waals surface area contributed by atoms with Crippen LogP contribution in [0.4, 0.5) is 0 Å². The maximum atomic E-state index is 11.4. The number of carbonyl (C=O) groups is 1. The van der Waals surface area contributed by atoms with E-state index in [0.29, 0.717) is 0 Å². The molecule has 1 saturated carbocycles. The Labute approximate surface area is 61.0 Å². The average Bonchev–Trinajstić information content (AvgIpc) is 2.35. The molecule has 0 heterocycles. The maximum Gasteiger partial charge on any atom is 0.250 e. The van der Waals surface area contributed by atoms with Gasteiger partial charge in [0.25, 0.3) is 5.91 Å². The van der Waals surface area contributed by atoms with Gasteiger partial charge in [0, 0.05) is 18.4 Å². The van der Waals surface area contributed by atoms with Crippen LogP contribution >= 0.6 is 0 Å². The fourth-order valence-electron chi connectivity index (χ4n) is 0.835. The van der Waals surface area contributed by atoms with Gasteiger partial charge in [-0.1, -0.05) is 0 Å². The Morgan fingerprint density at radius 1 is 1.60 bits per heavy atom. The number of carbonyl (C=O) groups excluding carboxylic acids is 1.